The van der Waals surface area contributed by atoms with E-state index in [9.17, 15) is 9.18 Å². The van der Waals surface area contributed by atoms with Crippen LogP contribution in [0.3, 0.4) is 0 Å². The minimum Gasteiger partial charge on any atom is -0.469 e. The highest BCUT2D eigenvalue weighted by molar-refractivity contribution is 5.98. The molecule has 19 heavy (non-hydrogen) atoms. The lowest BCUT2D eigenvalue weighted by atomic mass is 10.1. The Hall–Kier alpha value is -2.30. The van der Waals surface area contributed by atoms with Gasteiger partial charge in [0.25, 0.3) is 5.91 Å². The zero-order chi connectivity index (χ0) is 14.0. The van der Waals surface area contributed by atoms with Gasteiger partial charge in [0.1, 0.15) is 11.6 Å². The molecule has 0 bridgehead atoms. The fourth-order valence-electron chi connectivity index (χ4n) is 1.84. The molecule has 4 nitrogen and oxygen atoms in total. The third-order valence-electron chi connectivity index (χ3n) is 2.96. The number of carbonyl (C=O) groups excluding carboxylic acids is 1. The lowest BCUT2D eigenvalue weighted by molar-refractivity contribution is 0.0785. The second-order valence-electron chi connectivity index (χ2n) is 4.39. The first kappa shape index (κ1) is 13.1. The first-order valence-electron chi connectivity index (χ1n) is 5.82. The Balaban J connectivity index is 2.17. The number of aryl methyl sites for hydroxylation is 1. The van der Waals surface area contributed by atoms with Crippen molar-refractivity contribution in [3.05, 3.63) is 53.2 Å². The van der Waals surface area contributed by atoms with Crippen molar-refractivity contribution < 1.29 is 13.6 Å². The van der Waals surface area contributed by atoms with Gasteiger partial charge in [-0.25, -0.2) is 4.39 Å². The molecule has 1 heterocycles. The molecule has 2 N–H and O–H groups in total. The van der Waals surface area contributed by atoms with Gasteiger partial charge in [0, 0.05) is 24.8 Å². The predicted octanol–water partition coefficient (Wildman–Crippen LogP) is 2.58. The Kier molecular flexibility index (Phi) is 3.55. The van der Waals surface area contributed by atoms with E-state index in [0.29, 0.717) is 12.1 Å². The molecule has 1 aromatic carbocycles. The summed E-state index contributed by atoms with van der Waals surface area (Å²) in [5, 5.41) is 0. The number of hydrogen-bond donors (Lipinski definition) is 1. The van der Waals surface area contributed by atoms with Gasteiger partial charge in [0.2, 0.25) is 0 Å². The summed E-state index contributed by atoms with van der Waals surface area (Å²) in [6.45, 7) is 2.25. The van der Waals surface area contributed by atoms with Crippen LogP contribution in [0.25, 0.3) is 0 Å². The summed E-state index contributed by atoms with van der Waals surface area (Å²) in [4.78, 5) is 13.7. The van der Waals surface area contributed by atoms with E-state index in [1.165, 1.54) is 17.0 Å². The van der Waals surface area contributed by atoms with Crippen molar-refractivity contribution in [2.24, 2.45) is 0 Å². The maximum atomic E-state index is 13.0. The number of furan rings is 1. The Morgan fingerprint density at radius 1 is 1.42 bits per heavy atom. The number of amides is 1. The molecule has 0 aliphatic carbocycles. The second kappa shape index (κ2) is 5.14. The Morgan fingerprint density at radius 3 is 2.74 bits per heavy atom. The van der Waals surface area contributed by atoms with Crippen LogP contribution in [-0.4, -0.2) is 17.9 Å². The fourth-order valence-corrected chi connectivity index (χ4v) is 1.84. The fraction of sp³-hybridized carbons (Fsp3) is 0.214. The van der Waals surface area contributed by atoms with Crippen molar-refractivity contribution in [3.63, 3.8) is 0 Å². The quantitative estimate of drug-likeness (QED) is 0.865. The van der Waals surface area contributed by atoms with Crippen LogP contribution >= 0.6 is 0 Å². The molecule has 5 heteroatoms. The number of anilines is 1. The van der Waals surface area contributed by atoms with E-state index in [0.717, 1.165) is 17.4 Å². The van der Waals surface area contributed by atoms with Crippen LogP contribution in [-0.2, 0) is 6.54 Å². The zero-order valence-electron chi connectivity index (χ0n) is 10.8. The van der Waals surface area contributed by atoms with Gasteiger partial charge in [-0.15, -0.1) is 0 Å². The summed E-state index contributed by atoms with van der Waals surface area (Å²) in [7, 11) is 1.66. The molecule has 0 spiro atoms. The topological polar surface area (TPSA) is 59.5 Å². The Labute approximate surface area is 110 Å². The molecule has 0 aliphatic rings. The SMILES string of the molecule is Cc1occc1CN(C)C(=O)c1ccc(F)cc1N. The van der Waals surface area contributed by atoms with Crippen LogP contribution in [0, 0.1) is 12.7 Å². The molecule has 0 atom stereocenters. The van der Waals surface area contributed by atoms with Gasteiger partial charge >= 0.3 is 0 Å². The number of nitrogens with zero attached hydrogens (tertiary/aromatic N) is 1. The van der Waals surface area contributed by atoms with E-state index in [-0.39, 0.29) is 11.6 Å². The number of benzene rings is 1. The Morgan fingerprint density at radius 2 is 2.16 bits per heavy atom. The summed E-state index contributed by atoms with van der Waals surface area (Å²) in [6, 6.07) is 5.57. The van der Waals surface area contributed by atoms with Gasteiger partial charge in [-0.05, 0) is 31.2 Å². The lowest BCUT2D eigenvalue weighted by Gasteiger charge is -2.17. The van der Waals surface area contributed by atoms with Gasteiger partial charge in [0.05, 0.1) is 11.8 Å². The van der Waals surface area contributed by atoms with Crippen LogP contribution in [0.1, 0.15) is 21.7 Å². The summed E-state index contributed by atoms with van der Waals surface area (Å²) in [6.07, 6.45) is 1.58. The van der Waals surface area contributed by atoms with E-state index in [2.05, 4.69) is 0 Å². The number of nitrogens with two attached hydrogens (primary N) is 1. The predicted molar refractivity (Wildman–Crippen MR) is 70.1 cm³/mol. The van der Waals surface area contributed by atoms with Crippen LogP contribution in [0.4, 0.5) is 10.1 Å². The van der Waals surface area contributed by atoms with Crippen molar-refractivity contribution in [1.82, 2.24) is 4.90 Å². The molecule has 0 radical (unpaired) electrons. The molecule has 0 saturated heterocycles. The highest BCUT2D eigenvalue weighted by Crippen LogP contribution is 2.17. The van der Waals surface area contributed by atoms with E-state index < -0.39 is 5.82 Å². The van der Waals surface area contributed by atoms with E-state index in [4.69, 9.17) is 10.2 Å². The molecule has 0 saturated carbocycles. The molecule has 0 unspecified atom stereocenters. The molecule has 2 rings (SSSR count). The minimum absolute atomic E-state index is 0.140. The molecular weight excluding hydrogens is 247 g/mol. The maximum Gasteiger partial charge on any atom is 0.255 e. The summed E-state index contributed by atoms with van der Waals surface area (Å²) >= 11 is 0. The zero-order valence-corrected chi connectivity index (χ0v) is 10.8. The smallest absolute Gasteiger partial charge is 0.255 e. The second-order valence-corrected chi connectivity index (χ2v) is 4.39. The largest absolute Gasteiger partial charge is 0.469 e. The monoisotopic (exact) mass is 262 g/mol. The van der Waals surface area contributed by atoms with Crippen LogP contribution < -0.4 is 5.73 Å². The van der Waals surface area contributed by atoms with Gasteiger partial charge in [-0.1, -0.05) is 0 Å². The molecule has 0 fully saturated rings. The third kappa shape index (κ3) is 2.76. The number of hydrogen-bond acceptors (Lipinski definition) is 3. The van der Waals surface area contributed by atoms with Crippen LogP contribution in [0.5, 0.6) is 0 Å². The van der Waals surface area contributed by atoms with E-state index in [1.54, 1.807) is 13.3 Å². The lowest BCUT2D eigenvalue weighted by Crippen LogP contribution is -2.27. The normalized spacial score (nSPS) is 10.5. The Bertz CT molecular complexity index is 607. The van der Waals surface area contributed by atoms with Gasteiger partial charge < -0.3 is 15.1 Å². The first-order chi connectivity index (χ1) is 8.99. The van der Waals surface area contributed by atoms with Crippen LogP contribution in [0.2, 0.25) is 0 Å². The summed E-state index contributed by atoms with van der Waals surface area (Å²) < 4.78 is 18.1. The number of rotatable bonds is 3. The number of halogens is 1. The minimum atomic E-state index is -0.456. The van der Waals surface area contributed by atoms with Crippen LogP contribution in [0.15, 0.2) is 34.9 Å². The average molecular weight is 262 g/mol. The third-order valence-corrected chi connectivity index (χ3v) is 2.96. The summed E-state index contributed by atoms with van der Waals surface area (Å²) in [5.74, 6) is 0.0622. The van der Waals surface area contributed by atoms with Crippen molar-refractivity contribution >= 4 is 11.6 Å². The van der Waals surface area contributed by atoms with Crippen molar-refractivity contribution in [3.8, 4) is 0 Å². The van der Waals surface area contributed by atoms with Gasteiger partial charge in [-0.2, -0.15) is 0 Å². The average Bonchev–Trinajstić information content (AvgIpc) is 2.74. The van der Waals surface area contributed by atoms with Gasteiger partial charge in [0.15, 0.2) is 0 Å². The molecule has 1 amide bonds. The number of carbonyl (C=O) groups is 1. The number of nitrogen functional groups attached to an aromatic ring is 1. The van der Waals surface area contributed by atoms with Crippen molar-refractivity contribution in [2.45, 2.75) is 13.5 Å². The highest BCUT2D eigenvalue weighted by atomic mass is 19.1. The van der Waals surface area contributed by atoms with E-state index in [1.807, 2.05) is 13.0 Å². The molecule has 0 aliphatic heterocycles. The summed E-state index contributed by atoms with van der Waals surface area (Å²) in [5.41, 5.74) is 7.02. The van der Waals surface area contributed by atoms with Crippen molar-refractivity contribution in [2.75, 3.05) is 12.8 Å². The molecule has 2 aromatic rings. The maximum absolute atomic E-state index is 13.0. The van der Waals surface area contributed by atoms with E-state index >= 15 is 0 Å². The molecule has 1 aromatic heterocycles. The standard InChI is InChI=1S/C14H15FN2O2/c1-9-10(5-6-19-9)8-17(2)14(18)12-4-3-11(15)7-13(12)16/h3-7H,8,16H2,1-2H3. The molecule has 100 valence electrons. The van der Waals surface area contributed by atoms with Crippen molar-refractivity contribution in [1.29, 1.82) is 0 Å². The first-order valence-corrected chi connectivity index (χ1v) is 5.82. The highest BCUT2D eigenvalue weighted by Gasteiger charge is 2.16. The molecular formula is C14H15FN2O2. The van der Waals surface area contributed by atoms with Gasteiger partial charge in [-0.3, -0.25) is 4.79 Å².